The van der Waals surface area contributed by atoms with Crippen molar-refractivity contribution in [1.29, 1.82) is 0 Å². The van der Waals surface area contributed by atoms with Gasteiger partial charge in [0.1, 0.15) is 0 Å². The second-order valence-electron chi connectivity index (χ2n) is 12.5. The quantitative estimate of drug-likeness (QED) is 0.160. The minimum atomic E-state index is -2.52. The molecule has 0 aliphatic rings. The monoisotopic (exact) mass is 582 g/mol. The number of carbonyl (C=O) groups is 2. The fourth-order valence-electron chi connectivity index (χ4n) is 4.23. The molecule has 0 aromatic heterocycles. The Morgan fingerprint density at radius 3 is 1.95 bits per heavy atom. The highest BCUT2D eigenvalue weighted by Crippen LogP contribution is 2.30. The number of unbranched alkanes of at least 4 members (excludes halogenated alkanes) is 1. The Balaban J connectivity index is 2.75. The molecular formula is C27H54N4O4Si3. The molecule has 0 radical (unpaired) electrons. The number of carbonyl (C=O) groups excluding carboxylic acids is 2. The number of aryl methyl sites for hydroxylation is 1. The Bertz CT molecular complexity index is 887. The van der Waals surface area contributed by atoms with Crippen molar-refractivity contribution >= 4 is 48.6 Å². The van der Waals surface area contributed by atoms with Crippen LogP contribution in [0.2, 0.25) is 51.4 Å². The number of hydrogen-bond donors (Lipinski definition) is 4. The van der Waals surface area contributed by atoms with Gasteiger partial charge in [-0.15, -0.1) is 0 Å². The van der Waals surface area contributed by atoms with Crippen molar-refractivity contribution < 1.29 is 17.8 Å². The largest absolute Gasteiger partial charge is 0.436 e. The van der Waals surface area contributed by atoms with Crippen LogP contribution in [0, 0.1) is 12.8 Å². The van der Waals surface area contributed by atoms with Crippen molar-refractivity contribution in [3.8, 4) is 0 Å². The molecule has 1 aromatic carbocycles. The van der Waals surface area contributed by atoms with Gasteiger partial charge >= 0.3 is 20.6 Å². The normalized spacial score (nSPS) is 14.0. The van der Waals surface area contributed by atoms with E-state index in [1.54, 1.807) is 6.07 Å². The van der Waals surface area contributed by atoms with Crippen LogP contribution in [-0.2, 0) is 8.23 Å². The number of amides is 4. The van der Waals surface area contributed by atoms with Gasteiger partial charge in [-0.1, -0.05) is 46.1 Å². The van der Waals surface area contributed by atoms with Gasteiger partial charge in [0.15, 0.2) is 16.6 Å². The number of urea groups is 2. The molecule has 0 saturated carbocycles. The van der Waals surface area contributed by atoms with E-state index in [9.17, 15) is 9.59 Å². The maximum atomic E-state index is 12.8. The number of rotatable bonds is 15. The molecule has 1 rings (SSSR count). The highest BCUT2D eigenvalue weighted by atomic mass is 28.5. The lowest BCUT2D eigenvalue weighted by Gasteiger charge is -2.42. The van der Waals surface area contributed by atoms with Crippen molar-refractivity contribution in [3.05, 3.63) is 23.8 Å². The zero-order valence-corrected chi connectivity index (χ0v) is 28.8. The summed E-state index contributed by atoms with van der Waals surface area (Å²) in [5.74, 6) is 0.484. The van der Waals surface area contributed by atoms with Crippen molar-refractivity contribution in [1.82, 2.24) is 10.6 Å². The van der Waals surface area contributed by atoms with Gasteiger partial charge in [-0.2, -0.15) is 0 Å². The van der Waals surface area contributed by atoms with E-state index in [0.29, 0.717) is 30.4 Å². The third-order valence-corrected chi connectivity index (χ3v) is 16.5. The molecule has 0 saturated heterocycles. The summed E-state index contributed by atoms with van der Waals surface area (Å²) in [6.45, 7) is 24.7. The summed E-state index contributed by atoms with van der Waals surface area (Å²) in [6, 6.07) is 4.98. The Hall–Kier alpha value is -1.67. The molecule has 1 aromatic rings. The maximum Gasteiger partial charge on any atom is 0.319 e. The van der Waals surface area contributed by atoms with Crippen molar-refractivity contribution in [2.24, 2.45) is 5.92 Å². The van der Waals surface area contributed by atoms with Gasteiger partial charge in [0.2, 0.25) is 0 Å². The maximum absolute atomic E-state index is 12.8. The van der Waals surface area contributed by atoms with Gasteiger partial charge in [-0.25, -0.2) is 9.59 Å². The zero-order chi connectivity index (χ0) is 29.1. The molecule has 2 unspecified atom stereocenters. The summed E-state index contributed by atoms with van der Waals surface area (Å²) >= 11 is 0. The molecule has 218 valence electrons. The number of hydrogen-bond acceptors (Lipinski definition) is 4. The van der Waals surface area contributed by atoms with Crippen LogP contribution in [0.15, 0.2) is 18.2 Å². The topological polar surface area (TPSA) is 101 Å². The van der Waals surface area contributed by atoms with E-state index < -0.39 is 25.2 Å². The predicted octanol–water partition coefficient (Wildman–Crippen LogP) is 7.62. The van der Waals surface area contributed by atoms with E-state index >= 15 is 0 Å². The highest BCUT2D eigenvalue weighted by Gasteiger charge is 2.44. The summed E-state index contributed by atoms with van der Waals surface area (Å²) in [6.07, 6.45) is 4.50. The van der Waals surface area contributed by atoms with Crippen LogP contribution >= 0.6 is 0 Å². The lowest BCUT2D eigenvalue weighted by Crippen LogP contribution is -2.56. The van der Waals surface area contributed by atoms with Crippen LogP contribution in [0.5, 0.6) is 0 Å². The zero-order valence-electron chi connectivity index (χ0n) is 25.8. The molecule has 0 aliphatic heterocycles. The van der Waals surface area contributed by atoms with Crippen LogP contribution in [0.25, 0.3) is 0 Å². The SMILES string of the molecule is CCCCC(CC)CNC(=O)Nc1cc(NC(=O)NCC(C)[Si](C)(O[Si](C)(C)C)O[Si](C)(C)C)ccc1C. The third kappa shape index (κ3) is 13.4. The first-order valence-electron chi connectivity index (χ1n) is 14.1. The van der Waals surface area contributed by atoms with E-state index in [2.05, 4.69) is 87.9 Å². The average Bonchev–Trinajstić information content (AvgIpc) is 2.77. The van der Waals surface area contributed by atoms with Crippen molar-refractivity contribution in [2.75, 3.05) is 23.7 Å². The molecule has 8 nitrogen and oxygen atoms in total. The highest BCUT2D eigenvalue weighted by molar-refractivity contribution is 6.88. The molecule has 11 heteroatoms. The molecule has 0 spiro atoms. The van der Waals surface area contributed by atoms with Gasteiger partial charge in [0.25, 0.3) is 0 Å². The Kier molecular flexibility index (Phi) is 13.7. The molecule has 0 fully saturated rings. The lowest BCUT2D eigenvalue weighted by atomic mass is 9.99. The Labute approximate surface area is 234 Å². The number of benzene rings is 1. The van der Waals surface area contributed by atoms with E-state index in [1.165, 1.54) is 6.42 Å². The van der Waals surface area contributed by atoms with Gasteiger partial charge in [-0.05, 0) is 82.8 Å². The second kappa shape index (κ2) is 15.2. The first-order valence-corrected chi connectivity index (χ1v) is 23.3. The molecule has 0 aliphatic carbocycles. The van der Waals surface area contributed by atoms with Crippen LogP contribution in [0.4, 0.5) is 21.0 Å². The minimum absolute atomic E-state index is 0.0786. The van der Waals surface area contributed by atoms with Crippen LogP contribution < -0.4 is 21.3 Å². The van der Waals surface area contributed by atoms with E-state index in [0.717, 1.165) is 24.8 Å². The van der Waals surface area contributed by atoms with E-state index in [1.807, 2.05) is 19.1 Å². The Morgan fingerprint density at radius 1 is 0.868 bits per heavy atom. The fourth-order valence-corrected chi connectivity index (χ4v) is 16.6. The van der Waals surface area contributed by atoms with Crippen LogP contribution in [0.3, 0.4) is 0 Å². The summed E-state index contributed by atoms with van der Waals surface area (Å²) in [5, 5.41) is 11.8. The van der Waals surface area contributed by atoms with Gasteiger partial charge in [0.05, 0.1) is 0 Å². The number of nitrogens with one attached hydrogen (secondary N) is 4. The van der Waals surface area contributed by atoms with Gasteiger partial charge in [-0.3, -0.25) is 0 Å². The Morgan fingerprint density at radius 2 is 1.42 bits per heavy atom. The summed E-state index contributed by atoms with van der Waals surface area (Å²) in [4.78, 5) is 25.3. The minimum Gasteiger partial charge on any atom is -0.436 e. The second-order valence-corrected chi connectivity index (χ2v) is 25.6. The third-order valence-electron chi connectivity index (χ3n) is 6.32. The van der Waals surface area contributed by atoms with E-state index in [-0.39, 0.29) is 17.6 Å². The summed E-state index contributed by atoms with van der Waals surface area (Å²) in [5.41, 5.74) is 2.28. The smallest absolute Gasteiger partial charge is 0.319 e. The molecular weight excluding hydrogens is 529 g/mol. The summed E-state index contributed by atoms with van der Waals surface area (Å²) in [7, 11) is -6.17. The molecule has 38 heavy (non-hydrogen) atoms. The predicted molar refractivity (Wildman–Crippen MR) is 168 cm³/mol. The van der Waals surface area contributed by atoms with Crippen LogP contribution in [-0.4, -0.2) is 50.3 Å². The lowest BCUT2D eigenvalue weighted by molar-refractivity contribution is 0.249. The molecule has 0 bridgehead atoms. The average molecular weight is 583 g/mol. The molecule has 2 atom stereocenters. The molecule has 4 N–H and O–H groups in total. The fraction of sp³-hybridized carbons (Fsp3) is 0.704. The van der Waals surface area contributed by atoms with Gasteiger partial charge < -0.3 is 29.5 Å². The van der Waals surface area contributed by atoms with Crippen molar-refractivity contribution in [3.63, 3.8) is 0 Å². The van der Waals surface area contributed by atoms with E-state index in [4.69, 9.17) is 8.23 Å². The molecule has 0 heterocycles. The summed E-state index contributed by atoms with van der Waals surface area (Å²) < 4.78 is 13.2. The first kappa shape index (κ1) is 34.4. The molecule has 4 amide bonds. The number of anilines is 2. The van der Waals surface area contributed by atoms with Crippen molar-refractivity contribution in [2.45, 2.75) is 105 Å². The van der Waals surface area contributed by atoms with Crippen LogP contribution in [0.1, 0.15) is 52.0 Å². The standard InChI is InChI=1S/C27H54N4O4Si3/c1-12-14-15-23(13-2)20-29-27(33)31-25-18-24(17-16-21(25)3)30-26(32)28-19-22(4)38(11,34-36(5,6)7)35-37(8,9)10/h16-18,22-23H,12-15,19-20H2,1-11H3,(H2,28,30,32)(H2,29,31,33). The van der Waals surface area contributed by atoms with Gasteiger partial charge in [0, 0.05) is 30.0 Å². The first-order chi connectivity index (χ1) is 17.5.